The second kappa shape index (κ2) is 7.03. The van der Waals surface area contributed by atoms with Crippen molar-refractivity contribution in [1.29, 1.82) is 0 Å². The van der Waals surface area contributed by atoms with Crippen molar-refractivity contribution in [1.82, 2.24) is 0 Å². The molecule has 3 atom stereocenters. The number of carbonyl (C=O) groups is 3. The molecule has 0 radical (unpaired) electrons. The molecule has 3 aliphatic rings. The first-order valence-corrected chi connectivity index (χ1v) is 11.1. The molecule has 0 bridgehead atoms. The van der Waals surface area contributed by atoms with Crippen molar-refractivity contribution in [2.45, 2.75) is 24.9 Å². The summed E-state index contributed by atoms with van der Waals surface area (Å²) >= 11 is 0. The number of anilines is 1. The molecule has 168 valence electrons. The summed E-state index contributed by atoms with van der Waals surface area (Å²) in [5.41, 5.74) is 0.703. The Labute approximate surface area is 194 Å². The molecule has 0 aromatic heterocycles. The Bertz CT molecular complexity index is 1390. The predicted molar refractivity (Wildman–Crippen MR) is 123 cm³/mol. The van der Waals surface area contributed by atoms with Crippen LogP contribution >= 0.6 is 0 Å². The van der Waals surface area contributed by atoms with E-state index in [-0.39, 0.29) is 17.3 Å². The predicted octanol–water partition coefficient (Wildman–Crippen LogP) is 4.99. The standard InChI is InChI=1S/C28H19F2NO3/c1-15(32)25-24(16-6-9-18(29)10-7-16)28(26(33)20-4-2-3-5-21(20)27(28)34)23-13-8-17-14-19(30)11-12-22(17)31(23)25/h2-14,23-25H,1H3/t23?,24-,25-/m0/s1. The second-order valence-corrected chi connectivity index (χ2v) is 9.07. The van der Waals surface area contributed by atoms with E-state index >= 15 is 0 Å². The Morgan fingerprint density at radius 2 is 1.50 bits per heavy atom. The molecule has 1 fully saturated rings. The lowest BCUT2D eigenvalue weighted by Crippen LogP contribution is -2.48. The summed E-state index contributed by atoms with van der Waals surface area (Å²) in [4.78, 5) is 43.3. The number of halogens is 2. The highest BCUT2D eigenvalue weighted by Crippen LogP contribution is 2.60. The van der Waals surface area contributed by atoms with Gasteiger partial charge in [0.2, 0.25) is 0 Å². The van der Waals surface area contributed by atoms with Crippen LogP contribution < -0.4 is 4.90 Å². The van der Waals surface area contributed by atoms with Gasteiger partial charge in [0.15, 0.2) is 17.3 Å². The van der Waals surface area contributed by atoms with Gasteiger partial charge in [0, 0.05) is 28.3 Å². The van der Waals surface area contributed by atoms with Gasteiger partial charge in [-0.05, 0) is 42.8 Å². The minimum atomic E-state index is -1.61. The Morgan fingerprint density at radius 1 is 0.882 bits per heavy atom. The monoisotopic (exact) mass is 455 g/mol. The molecule has 3 aromatic carbocycles. The van der Waals surface area contributed by atoms with Crippen molar-refractivity contribution < 1.29 is 23.2 Å². The third-order valence-electron chi connectivity index (χ3n) is 7.41. The number of fused-ring (bicyclic) bond motifs is 5. The molecule has 1 saturated heterocycles. The van der Waals surface area contributed by atoms with Crippen LogP contribution in [-0.2, 0) is 4.79 Å². The van der Waals surface area contributed by atoms with E-state index in [4.69, 9.17) is 0 Å². The minimum absolute atomic E-state index is 0.238. The summed E-state index contributed by atoms with van der Waals surface area (Å²) in [6.07, 6.45) is 3.43. The number of nitrogens with zero attached hydrogens (tertiary/aromatic N) is 1. The van der Waals surface area contributed by atoms with E-state index in [2.05, 4.69) is 0 Å². The lowest BCUT2D eigenvalue weighted by molar-refractivity contribution is -0.118. The molecule has 2 aliphatic heterocycles. The van der Waals surface area contributed by atoms with Gasteiger partial charge in [0.25, 0.3) is 0 Å². The number of carbonyl (C=O) groups excluding carboxylic acids is 3. The maximum atomic E-state index is 14.1. The van der Waals surface area contributed by atoms with Crippen LogP contribution in [0.5, 0.6) is 0 Å². The molecule has 3 aromatic rings. The molecular weight excluding hydrogens is 436 g/mol. The molecule has 0 N–H and O–H groups in total. The molecule has 1 unspecified atom stereocenters. The Morgan fingerprint density at radius 3 is 2.12 bits per heavy atom. The van der Waals surface area contributed by atoms with Gasteiger partial charge >= 0.3 is 0 Å². The third-order valence-corrected chi connectivity index (χ3v) is 7.41. The van der Waals surface area contributed by atoms with E-state index in [1.165, 1.54) is 43.3 Å². The van der Waals surface area contributed by atoms with Gasteiger partial charge in [-0.2, -0.15) is 0 Å². The molecule has 6 heteroatoms. The average Bonchev–Trinajstić information content (AvgIpc) is 3.26. The molecule has 1 aliphatic carbocycles. The molecular formula is C28H19F2NO3. The van der Waals surface area contributed by atoms with Gasteiger partial charge in [-0.25, -0.2) is 8.78 Å². The zero-order valence-electron chi connectivity index (χ0n) is 18.2. The summed E-state index contributed by atoms with van der Waals surface area (Å²) in [6, 6.07) is 14.9. The highest BCUT2D eigenvalue weighted by Gasteiger charge is 2.71. The van der Waals surface area contributed by atoms with E-state index in [1.54, 1.807) is 47.4 Å². The highest BCUT2D eigenvalue weighted by atomic mass is 19.1. The summed E-state index contributed by atoms with van der Waals surface area (Å²) in [5.74, 6) is -2.68. The Balaban J connectivity index is 1.68. The first-order chi connectivity index (χ1) is 16.4. The van der Waals surface area contributed by atoms with Gasteiger partial charge in [-0.3, -0.25) is 14.4 Å². The van der Waals surface area contributed by atoms with Crippen LogP contribution in [0.2, 0.25) is 0 Å². The van der Waals surface area contributed by atoms with Crippen LogP contribution in [0.15, 0.2) is 72.8 Å². The van der Waals surface area contributed by atoms with Gasteiger partial charge in [0.05, 0.1) is 12.1 Å². The van der Waals surface area contributed by atoms with Crippen LogP contribution in [-0.4, -0.2) is 29.4 Å². The Kier molecular flexibility index (Phi) is 4.27. The zero-order valence-corrected chi connectivity index (χ0v) is 18.2. The van der Waals surface area contributed by atoms with Crippen LogP contribution in [0.4, 0.5) is 14.5 Å². The van der Waals surface area contributed by atoms with Crippen LogP contribution in [0.3, 0.4) is 0 Å². The first kappa shape index (κ1) is 20.7. The fourth-order valence-corrected chi connectivity index (χ4v) is 6.14. The number of hydrogen-bond donors (Lipinski definition) is 0. The molecule has 2 heterocycles. The van der Waals surface area contributed by atoms with Crippen molar-refractivity contribution >= 4 is 29.1 Å². The maximum absolute atomic E-state index is 14.1. The van der Waals surface area contributed by atoms with E-state index in [1.807, 2.05) is 0 Å². The number of ketones is 3. The third kappa shape index (κ3) is 2.48. The second-order valence-electron chi connectivity index (χ2n) is 9.07. The molecule has 0 amide bonds. The number of benzene rings is 3. The van der Waals surface area contributed by atoms with Crippen molar-refractivity contribution in [3.05, 3.63) is 107 Å². The van der Waals surface area contributed by atoms with Gasteiger partial charge in [-0.1, -0.05) is 48.6 Å². The van der Waals surface area contributed by atoms with E-state index in [0.29, 0.717) is 27.9 Å². The largest absolute Gasteiger partial charge is 0.352 e. The van der Waals surface area contributed by atoms with Crippen LogP contribution in [0.1, 0.15) is 44.7 Å². The molecule has 34 heavy (non-hydrogen) atoms. The summed E-state index contributed by atoms with van der Waals surface area (Å²) < 4.78 is 27.8. The number of rotatable bonds is 2. The lowest BCUT2D eigenvalue weighted by atomic mass is 9.64. The normalized spacial score (nSPS) is 23.7. The van der Waals surface area contributed by atoms with Crippen molar-refractivity contribution in [2.24, 2.45) is 5.41 Å². The SMILES string of the molecule is CC(=O)[C@H]1[C@H](c2ccc(F)cc2)C2(C(=O)c3ccccc3C2=O)C2C=Cc3cc(F)ccc3N21. The fraction of sp³-hybridized carbons (Fsp3) is 0.179. The van der Waals surface area contributed by atoms with Crippen molar-refractivity contribution in [2.75, 3.05) is 4.90 Å². The van der Waals surface area contributed by atoms with Gasteiger partial charge < -0.3 is 4.90 Å². The van der Waals surface area contributed by atoms with Crippen molar-refractivity contribution in [3.8, 4) is 0 Å². The van der Waals surface area contributed by atoms with Gasteiger partial charge in [-0.15, -0.1) is 0 Å². The number of Topliss-reactive ketones (excluding diaryl/α,β-unsaturated/α-hetero) is 3. The highest BCUT2D eigenvalue weighted by molar-refractivity contribution is 6.32. The fourth-order valence-electron chi connectivity index (χ4n) is 6.14. The van der Waals surface area contributed by atoms with E-state index in [9.17, 15) is 23.2 Å². The van der Waals surface area contributed by atoms with Gasteiger partial charge in [0.1, 0.15) is 17.0 Å². The molecule has 1 spiro atoms. The molecule has 6 rings (SSSR count). The topological polar surface area (TPSA) is 54.5 Å². The van der Waals surface area contributed by atoms with E-state index < -0.39 is 35.1 Å². The Hall–Kier alpha value is -3.93. The molecule has 4 nitrogen and oxygen atoms in total. The average molecular weight is 455 g/mol. The lowest BCUT2D eigenvalue weighted by Gasteiger charge is -2.37. The summed E-state index contributed by atoms with van der Waals surface area (Å²) in [7, 11) is 0. The summed E-state index contributed by atoms with van der Waals surface area (Å²) in [6.45, 7) is 1.43. The smallest absolute Gasteiger partial charge is 0.180 e. The zero-order chi connectivity index (χ0) is 23.8. The quantitative estimate of drug-likeness (QED) is 0.511. The van der Waals surface area contributed by atoms with Crippen LogP contribution in [0, 0.1) is 17.0 Å². The number of hydrogen-bond acceptors (Lipinski definition) is 4. The summed E-state index contributed by atoms with van der Waals surface area (Å²) in [5, 5.41) is 0. The van der Waals surface area contributed by atoms with Crippen molar-refractivity contribution in [3.63, 3.8) is 0 Å². The molecule has 0 saturated carbocycles. The minimum Gasteiger partial charge on any atom is -0.352 e. The maximum Gasteiger partial charge on any atom is 0.180 e. The first-order valence-electron chi connectivity index (χ1n) is 11.1. The van der Waals surface area contributed by atoms with Crippen LogP contribution in [0.25, 0.3) is 6.08 Å². The van der Waals surface area contributed by atoms with E-state index in [0.717, 1.165) is 0 Å².